The van der Waals surface area contributed by atoms with Gasteiger partial charge in [-0.05, 0) is 24.6 Å². The zero-order chi connectivity index (χ0) is 22.8. The molecular weight excluding hydrogens is 462 g/mol. The number of aromatic nitrogens is 4. The van der Waals surface area contributed by atoms with Crippen molar-refractivity contribution in [1.29, 1.82) is 0 Å². The molecule has 170 valence electrons. The van der Waals surface area contributed by atoms with Gasteiger partial charge in [0.25, 0.3) is 10.2 Å². The van der Waals surface area contributed by atoms with Crippen LogP contribution < -0.4 is 10.0 Å². The van der Waals surface area contributed by atoms with Crippen molar-refractivity contribution in [3.8, 4) is 28.4 Å². The molecule has 3 N–H and O–H groups in total. The molecular formula is C21H21N7O3S2. The highest BCUT2D eigenvalue weighted by molar-refractivity contribution is 8.02. The number of anilines is 1. The Kier molecular flexibility index (Phi) is 5.92. The van der Waals surface area contributed by atoms with Crippen molar-refractivity contribution in [2.75, 3.05) is 31.5 Å². The summed E-state index contributed by atoms with van der Waals surface area (Å²) < 4.78 is 30.0. The molecule has 0 bridgehead atoms. The largest absolute Gasteiger partial charge is 0.508 e. The normalized spacial score (nSPS) is 17.1. The van der Waals surface area contributed by atoms with E-state index in [-0.39, 0.29) is 5.75 Å². The van der Waals surface area contributed by atoms with Crippen molar-refractivity contribution >= 4 is 34.1 Å². The zero-order valence-corrected chi connectivity index (χ0v) is 19.1. The van der Waals surface area contributed by atoms with Crippen LogP contribution in [-0.2, 0) is 10.2 Å². The van der Waals surface area contributed by atoms with Crippen molar-refractivity contribution in [1.82, 2.24) is 28.5 Å². The molecule has 0 unspecified atom stereocenters. The minimum Gasteiger partial charge on any atom is -0.508 e. The molecule has 1 fully saturated rings. The fourth-order valence-electron chi connectivity index (χ4n) is 3.67. The van der Waals surface area contributed by atoms with Crippen molar-refractivity contribution < 1.29 is 13.5 Å². The molecule has 12 heteroatoms. The van der Waals surface area contributed by atoms with Crippen molar-refractivity contribution in [3.63, 3.8) is 0 Å². The maximum atomic E-state index is 12.1. The molecule has 0 radical (unpaired) electrons. The maximum absolute atomic E-state index is 12.1. The molecule has 0 saturated carbocycles. The second kappa shape index (κ2) is 9.00. The Hall–Kier alpha value is -3.15. The second-order valence-corrected chi connectivity index (χ2v) is 9.98. The van der Waals surface area contributed by atoms with Gasteiger partial charge in [0.1, 0.15) is 11.4 Å². The summed E-state index contributed by atoms with van der Waals surface area (Å²) in [6.45, 7) is 1.64. The third-order valence-electron chi connectivity index (χ3n) is 5.19. The van der Waals surface area contributed by atoms with Crippen LogP contribution >= 0.6 is 11.8 Å². The molecule has 1 saturated heterocycles. The number of hydrogen-bond donors (Lipinski definition) is 3. The van der Waals surface area contributed by atoms with Crippen LogP contribution in [0.3, 0.4) is 0 Å². The molecule has 2 aromatic heterocycles. The molecule has 2 aliphatic rings. The predicted molar refractivity (Wildman–Crippen MR) is 127 cm³/mol. The molecule has 33 heavy (non-hydrogen) atoms. The van der Waals surface area contributed by atoms with Gasteiger partial charge < -0.3 is 10.4 Å². The SMILES string of the molecule is O=S1(=O)NCCCN1CCNc1nccc(-c2c(-c3cccc(O)c3)nc3n2C=C=CS3)n1. The molecule has 0 atom stereocenters. The molecule has 1 aromatic carbocycles. The van der Waals surface area contributed by atoms with E-state index < -0.39 is 10.2 Å². The molecule has 5 rings (SSSR count). The van der Waals surface area contributed by atoms with Crippen LogP contribution in [0.1, 0.15) is 6.42 Å². The first-order valence-corrected chi connectivity index (χ1v) is 12.6. The van der Waals surface area contributed by atoms with Crippen molar-refractivity contribution in [2.24, 2.45) is 0 Å². The number of nitrogens with zero attached hydrogens (tertiary/aromatic N) is 5. The number of rotatable bonds is 6. The number of benzene rings is 1. The number of nitrogens with one attached hydrogen (secondary N) is 2. The number of imidazole rings is 1. The number of aromatic hydroxyl groups is 1. The van der Waals surface area contributed by atoms with E-state index in [4.69, 9.17) is 4.98 Å². The standard InChI is InChI=1S/C21H21N7O3S2/c29-16-5-1-4-15(14-16)18-19(28-11-3-13-32-21(28)26-18)17-6-8-22-20(25-17)23-9-12-27-10-2-7-24-33(27,30)31/h1,4-6,8,11,13-14,24,29H,2,7,9-10,12H2,(H,22,23,25). The van der Waals surface area contributed by atoms with Crippen LogP contribution in [0, 0.1) is 0 Å². The Labute approximate surface area is 195 Å². The second-order valence-electron chi connectivity index (χ2n) is 7.39. The number of fused-ring (bicyclic) bond motifs is 1. The summed E-state index contributed by atoms with van der Waals surface area (Å²) in [7, 11) is -3.42. The van der Waals surface area contributed by atoms with Crippen molar-refractivity contribution in [3.05, 3.63) is 47.7 Å². The Morgan fingerprint density at radius 3 is 3.03 bits per heavy atom. The average molecular weight is 484 g/mol. The molecule has 0 spiro atoms. The first-order chi connectivity index (χ1) is 16.0. The number of phenols is 1. The highest BCUT2D eigenvalue weighted by Crippen LogP contribution is 2.37. The van der Waals surface area contributed by atoms with E-state index in [2.05, 4.69) is 25.7 Å². The van der Waals surface area contributed by atoms with E-state index in [1.54, 1.807) is 36.7 Å². The fourth-order valence-corrected chi connectivity index (χ4v) is 5.60. The molecule has 0 aliphatic carbocycles. The highest BCUT2D eigenvalue weighted by atomic mass is 32.2. The third kappa shape index (κ3) is 4.52. The van der Waals surface area contributed by atoms with Crippen LogP contribution in [-0.4, -0.2) is 63.5 Å². The van der Waals surface area contributed by atoms with E-state index in [1.807, 2.05) is 16.0 Å². The number of phenolic OH excluding ortho intramolecular Hbond substituents is 1. The summed E-state index contributed by atoms with van der Waals surface area (Å²) >= 11 is 1.45. The summed E-state index contributed by atoms with van der Waals surface area (Å²) in [5, 5.41) is 15.7. The van der Waals surface area contributed by atoms with Gasteiger partial charge >= 0.3 is 0 Å². The molecule has 10 nitrogen and oxygen atoms in total. The number of thioether (sulfide) groups is 1. The summed E-state index contributed by atoms with van der Waals surface area (Å²) in [5.41, 5.74) is 5.90. The molecule has 4 heterocycles. The van der Waals surface area contributed by atoms with Gasteiger partial charge in [-0.1, -0.05) is 29.6 Å². The van der Waals surface area contributed by atoms with Crippen LogP contribution in [0.15, 0.2) is 52.8 Å². The first-order valence-electron chi connectivity index (χ1n) is 10.3. The predicted octanol–water partition coefficient (Wildman–Crippen LogP) is 2.35. The molecule has 3 aromatic rings. The fraction of sp³-hybridized carbons (Fsp3) is 0.238. The summed E-state index contributed by atoms with van der Waals surface area (Å²) in [6, 6.07) is 8.71. The minimum atomic E-state index is -3.42. The van der Waals surface area contributed by atoms with Gasteiger partial charge in [0.05, 0.1) is 17.6 Å². The van der Waals surface area contributed by atoms with Crippen LogP contribution in [0.4, 0.5) is 5.95 Å². The lowest BCUT2D eigenvalue weighted by molar-refractivity contribution is 0.383. The van der Waals surface area contributed by atoms with Crippen molar-refractivity contribution in [2.45, 2.75) is 11.6 Å². The quantitative estimate of drug-likeness (QED) is 0.456. The Balaban J connectivity index is 1.43. The van der Waals surface area contributed by atoms with Gasteiger partial charge in [0, 0.05) is 43.3 Å². The number of hydrogen-bond acceptors (Lipinski definition) is 8. The van der Waals surface area contributed by atoms with Gasteiger partial charge in [-0.15, -0.1) is 0 Å². The molecule has 0 amide bonds. The Morgan fingerprint density at radius 1 is 1.27 bits per heavy atom. The Bertz CT molecular complexity index is 1360. The van der Waals surface area contributed by atoms with E-state index in [0.29, 0.717) is 43.5 Å². The smallest absolute Gasteiger partial charge is 0.279 e. The van der Waals surface area contributed by atoms with E-state index >= 15 is 0 Å². The molecule has 2 aliphatic heterocycles. The van der Waals surface area contributed by atoms with Crippen LogP contribution in [0.5, 0.6) is 5.75 Å². The Morgan fingerprint density at radius 2 is 2.18 bits per heavy atom. The lowest BCUT2D eigenvalue weighted by atomic mass is 10.1. The first kappa shape index (κ1) is 21.7. The van der Waals surface area contributed by atoms with E-state index in [1.165, 1.54) is 16.1 Å². The highest BCUT2D eigenvalue weighted by Gasteiger charge is 2.25. The van der Waals surface area contributed by atoms with E-state index in [9.17, 15) is 13.5 Å². The maximum Gasteiger partial charge on any atom is 0.279 e. The summed E-state index contributed by atoms with van der Waals surface area (Å²) in [4.78, 5) is 13.7. The van der Waals surface area contributed by atoms with Gasteiger partial charge in [-0.2, -0.15) is 12.7 Å². The van der Waals surface area contributed by atoms with Gasteiger partial charge in [-0.3, -0.25) is 4.57 Å². The van der Waals surface area contributed by atoms with Gasteiger partial charge in [-0.25, -0.2) is 19.7 Å². The monoisotopic (exact) mass is 483 g/mol. The lowest BCUT2D eigenvalue weighted by Crippen LogP contribution is -2.48. The van der Waals surface area contributed by atoms with Gasteiger partial charge in [0.2, 0.25) is 5.95 Å². The lowest BCUT2D eigenvalue weighted by Gasteiger charge is -2.26. The third-order valence-corrected chi connectivity index (χ3v) is 7.55. The van der Waals surface area contributed by atoms with E-state index in [0.717, 1.165) is 22.8 Å². The zero-order valence-electron chi connectivity index (χ0n) is 17.5. The summed E-state index contributed by atoms with van der Waals surface area (Å²) in [5.74, 6) is 0.535. The average Bonchev–Trinajstić information content (AvgIpc) is 3.20. The summed E-state index contributed by atoms with van der Waals surface area (Å²) in [6.07, 6.45) is 4.21. The topological polar surface area (TPSA) is 125 Å². The van der Waals surface area contributed by atoms with Crippen LogP contribution in [0.25, 0.3) is 28.8 Å². The minimum absolute atomic E-state index is 0.151. The van der Waals surface area contributed by atoms with Gasteiger partial charge in [0.15, 0.2) is 5.16 Å². The van der Waals surface area contributed by atoms with Crippen LogP contribution in [0.2, 0.25) is 0 Å².